The van der Waals surface area contributed by atoms with Gasteiger partial charge in [0.05, 0.1) is 0 Å². The predicted molar refractivity (Wildman–Crippen MR) is 87.8 cm³/mol. The minimum atomic E-state index is -1.40. The van der Waals surface area contributed by atoms with E-state index in [9.17, 15) is 4.79 Å². The molecule has 126 valence electrons. The maximum Gasteiger partial charge on any atom is 1.00 e. The van der Waals surface area contributed by atoms with Gasteiger partial charge in [-0.25, -0.2) is 0 Å². The fraction of sp³-hybridized carbons (Fsp3) is 0.938. The van der Waals surface area contributed by atoms with Crippen LogP contribution in [0.25, 0.3) is 5.32 Å². The fourth-order valence-corrected chi connectivity index (χ4v) is 2.16. The van der Waals surface area contributed by atoms with Crippen molar-refractivity contribution in [3.63, 3.8) is 0 Å². The van der Waals surface area contributed by atoms with Gasteiger partial charge in [-0.3, -0.25) is 16.3 Å². The molecule has 0 atom stereocenters. The Morgan fingerprint density at radius 3 is 1.86 bits per heavy atom. The molecule has 0 bridgehead atoms. The van der Waals surface area contributed by atoms with Gasteiger partial charge in [0.25, 0.3) is 5.97 Å². The summed E-state index contributed by atoms with van der Waals surface area (Å²) >= 11 is 0. The Balaban J connectivity index is 0. The van der Waals surface area contributed by atoms with E-state index < -0.39 is 11.8 Å². The number of nitrogens with zero attached hydrogens (tertiary/aromatic N) is 1. The molecule has 0 unspecified atom stereocenters. The molecule has 0 aliphatic heterocycles. The third-order valence-electron chi connectivity index (χ3n) is 3.24. The molecular weight excluding hydrogens is 289 g/mol. The monoisotopic (exact) mass is 323 g/mol. The topological polar surface area (TPSA) is 92.4 Å². The van der Waals surface area contributed by atoms with E-state index in [1.165, 1.54) is 64.7 Å². The van der Waals surface area contributed by atoms with Crippen molar-refractivity contribution in [2.75, 3.05) is 13.1 Å². The molecule has 0 heterocycles. The van der Waals surface area contributed by atoms with E-state index >= 15 is 0 Å². The zero-order chi connectivity index (χ0) is 16.0. The van der Waals surface area contributed by atoms with Gasteiger partial charge in [-0.2, -0.15) is 0 Å². The van der Waals surface area contributed by atoms with Crippen LogP contribution in [0.3, 0.4) is 0 Å². The second-order valence-corrected chi connectivity index (χ2v) is 5.95. The van der Waals surface area contributed by atoms with Crippen LogP contribution in [0, 0.1) is 0 Å². The van der Waals surface area contributed by atoms with Gasteiger partial charge in [0.1, 0.15) is 0 Å². The van der Waals surface area contributed by atoms with Gasteiger partial charge >= 0.3 is 29.6 Å². The minimum Gasteiger partial charge on any atom is -0.653 e. The fourth-order valence-electron chi connectivity index (χ4n) is 2.16. The molecule has 0 saturated heterocycles. The van der Waals surface area contributed by atoms with E-state index in [0.717, 1.165) is 6.42 Å². The number of esters is 1. The molecule has 0 fully saturated rings. The number of nitrogens with two attached hydrogens (primary N) is 2. The first-order valence-electron chi connectivity index (χ1n) is 8.38. The molecule has 0 aliphatic carbocycles. The zero-order valence-corrected chi connectivity index (χ0v) is 16.9. The second-order valence-electron chi connectivity index (χ2n) is 5.95. The van der Waals surface area contributed by atoms with E-state index in [2.05, 4.69) is 12.2 Å². The van der Waals surface area contributed by atoms with Crippen LogP contribution >= 0.6 is 0 Å². The molecule has 0 amide bonds. The van der Waals surface area contributed by atoms with Crippen molar-refractivity contribution in [2.24, 2.45) is 11.5 Å². The van der Waals surface area contributed by atoms with Crippen LogP contribution in [0.2, 0.25) is 0 Å². The van der Waals surface area contributed by atoms with Crippen LogP contribution < -0.4 is 41.0 Å². The van der Waals surface area contributed by atoms with Gasteiger partial charge in [0, 0.05) is 6.92 Å². The molecule has 0 aromatic rings. The molecule has 0 spiro atoms. The quantitative estimate of drug-likeness (QED) is 0.210. The normalized spacial score (nSPS) is 11.1. The molecule has 0 aromatic carbocycles. The van der Waals surface area contributed by atoms with Crippen LogP contribution in [0.4, 0.5) is 0 Å². The van der Waals surface area contributed by atoms with E-state index in [1.54, 1.807) is 0 Å². The van der Waals surface area contributed by atoms with Crippen molar-refractivity contribution in [2.45, 2.75) is 83.9 Å². The second kappa shape index (κ2) is 16.2. The van der Waals surface area contributed by atoms with E-state index in [-0.39, 0.29) is 36.1 Å². The summed E-state index contributed by atoms with van der Waals surface area (Å²) in [4.78, 5) is 11.3. The van der Waals surface area contributed by atoms with Crippen LogP contribution in [0.5, 0.6) is 0 Å². The number of rotatable bonds is 14. The van der Waals surface area contributed by atoms with Crippen molar-refractivity contribution in [1.29, 1.82) is 0 Å². The molecular formula is C16H34N3NaO2. The Hall–Kier alpha value is 0.350. The molecule has 22 heavy (non-hydrogen) atoms. The van der Waals surface area contributed by atoms with Crippen molar-refractivity contribution in [3.8, 4) is 0 Å². The van der Waals surface area contributed by atoms with E-state index in [4.69, 9.17) is 16.2 Å². The summed E-state index contributed by atoms with van der Waals surface area (Å²) in [5, 5.41) is 4.14. The maximum absolute atomic E-state index is 11.3. The third-order valence-corrected chi connectivity index (χ3v) is 3.24. The molecule has 5 nitrogen and oxygen atoms in total. The zero-order valence-electron chi connectivity index (χ0n) is 14.9. The van der Waals surface area contributed by atoms with Crippen molar-refractivity contribution < 1.29 is 39.1 Å². The van der Waals surface area contributed by atoms with Crippen LogP contribution in [0.1, 0.15) is 78.1 Å². The molecule has 0 saturated carbocycles. The number of carbonyl (C=O) groups excluding carboxylic acids is 1. The predicted octanol–water partition coefficient (Wildman–Crippen LogP) is 0.419. The Morgan fingerprint density at radius 2 is 1.41 bits per heavy atom. The molecule has 0 aliphatic rings. The molecule has 0 aromatic heterocycles. The van der Waals surface area contributed by atoms with E-state index in [0.29, 0.717) is 6.54 Å². The Morgan fingerprint density at radius 1 is 0.955 bits per heavy atom. The maximum atomic E-state index is 11.3. The number of unbranched alkanes of at least 4 members (excludes halogenated alkanes) is 9. The van der Waals surface area contributed by atoms with Gasteiger partial charge in [0.15, 0.2) is 0 Å². The minimum absolute atomic E-state index is 0. The van der Waals surface area contributed by atoms with E-state index in [1.807, 2.05) is 0 Å². The number of hydrogen-bond acceptors (Lipinski definition) is 4. The third kappa shape index (κ3) is 20.3. The number of hydrogen-bond donors (Lipinski definition) is 2. The van der Waals surface area contributed by atoms with Crippen molar-refractivity contribution >= 4 is 5.97 Å². The molecule has 0 rings (SSSR count). The first-order valence-corrected chi connectivity index (χ1v) is 8.38. The van der Waals surface area contributed by atoms with Crippen LogP contribution in [-0.4, -0.2) is 24.9 Å². The summed E-state index contributed by atoms with van der Waals surface area (Å²) in [6.07, 6.45) is 13.0. The smallest absolute Gasteiger partial charge is 0.653 e. The van der Waals surface area contributed by atoms with Crippen LogP contribution in [-0.2, 0) is 9.53 Å². The molecule has 0 radical (unpaired) electrons. The summed E-state index contributed by atoms with van der Waals surface area (Å²) in [7, 11) is 0. The largest absolute Gasteiger partial charge is 1.00 e. The summed E-state index contributed by atoms with van der Waals surface area (Å²) < 4.78 is 4.76. The first kappa shape index (κ1) is 24.6. The average molecular weight is 323 g/mol. The van der Waals surface area contributed by atoms with Gasteiger partial charge in [0.2, 0.25) is 5.85 Å². The number of carbonyl (C=O) groups is 1. The summed E-state index contributed by atoms with van der Waals surface area (Å²) in [5.41, 5.74) is 10.7. The van der Waals surface area contributed by atoms with Crippen molar-refractivity contribution in [1.82, 2.24) is 0 Å². The first-order chi connectivity index (χ1) is 9.95. The van der Waals surface area contributed by atoms with Crippen LogP contribution in [0.15, 0.2) is 0 Å². The van der Waals surface area contributed by atoms with Gasteiger partial charge < -0.3 is 10.1 Å². The van der Waals surface area contributed by atoms with Gasteiger partial charge in [-0.1, -0.05) is 71.1 Å². The summed E-state index contributed by atoms with van der Waals surface area (Å²) in [6, 6.07) is 0. The summed E-state index contributed by atoms with van der Waals surface area (Å²) in [5.74, 6) is -1.86. The molecule has 6 heteroatoms. The van der Waals surface area contributed by atoms with Gasteiger partial charge in [-0.15, -0.1) is 6.54 Å². The Kier molecular flexibility index (Phi) is 18.1. The van der Waals surface area contributed by atoms with Gasteiger partial charge in [-0.05, 0) is 6.54 Å². The van der Waals surface area contributed by atoms with Crippen molar-refractivity contribution in [3.05, 3.63) is 5.32 Å². The Bertz CT molecular complexity index is 258. The average Bonchev–Trinajstić information content (AvgIpc) is 2.38. The summed E-state index contributed by atoms with van der Waals surface area (Å²) in [6.45, 7) is 4.43. The number of ether oxygens (including phenoxy) is 1. The molecule has 4 N–H and O–H groups in total. The SMILES string of the molecule is CCCCCCCCCCCC[N-]CC(=O)OC(C)(N)N.[Na+]. The standard InChI is InChI=1S/C16H34N3O2.Na/c1-3-4-5-6-7-8-9-10-11-12-13-19-14-15(20)21-16(2,17)18;/h3-14,17-18H2,1-2H3;/q-1;+1. The Labute approximate surface area is 158 Å².